The molecular formula is C24H24FN3O. The van der Waals surface area contributed by atoms with E-state index in [4.69, 9.17) is 0 Å². The van der Waals surface area contributed by atoms with E-state index in [-0.39, 0.29) is 11.7 Å². The van der Waals surface area contributed by atoms with Crippen LogP contribution in [0.3, 0.4) is 0 Å². The van der Waals surface area contributed by atoms with Gasteiger partial charge in [0.25, 0.3) is 5.91 Å². The number of aryl methyl sites for hydroxylation is 1. The first kappa shape index (κ1) is 19.0. The van der Waals surface area contributed by atoms with E-state index in [2.05, 4.69) is 15.1 Å². The van der Waals surface area contributed by atoms with Crippen molar-refractivity contribution in [1.82, 2.24) is 0 Å². The summed E-state index contributed by atoms with van der Waals surface area (Å²) in [7, 11) is 0. The van der Waals surface area contributed by atoms with Crippen molar-refractivity contribution < 1.29 is 9.18 Å². The second-order valence-electron chi connectivity index (χ2n) is 7.24. The number of amides is 1. The molecule has 0 atom stereocenters. The Morgan fingerprint density at radius 3 is 2.17 bits per heavy atom. The molecule has 0 saturated carbocycles. The van der Waals surface area contributed by atoms with Crippen LogP contribution in [0.4, 0.5) is 21.5 Å². The van der Waals surface area contributed by atoms with Gasteiger partial charge in [0.1, 0.15) is 5.82 Å². The van der Waals surface area contributed by atoms with E-state index in [1.54, 1.807) is 0 Å². The number of benzene rings is 3. The average molecular weight is 389 g/mol. The number of nitrogens with one attached hydrogen (secondary N) is 1. The van der Waals surface area contributed by atoms with Gasteiger partial charge in [-0.15, -0.1) is 0 Å². The van der Waals surface area contributed by atoms with Crippen LogP contribution in [0.5, 0.6) is 0 Å². The predicted molar refractivity (Wildman–Crippen MR) is 116 cm³/mol. The van der Waals surface area contributed by atoms with Crippen molar-refractivity contribution in [3.05, 3.63) is 89.7 Å². The molecule has 1 aliphatic rings. The Bertz CT molecular complexity index is 995. The third-order valence-corrected chi connectivity index (χ3v) is 5.35. The van der Waals surface area contributed by atoms with E-state index in [1.807, 2.05) is 67.6 Å². The van der Waals surface area contributed by atoms with Gasteiger partial charge in [0.15, 0.2) is 0 Å². The number of rotatable bonds is 4. The highest BCUT2D eigenvalue weighted by molar-refractivity contribution is 6.06. The fourth-order valence-corrected chi connectivity index (χ4v) is 3.73. The molecule has 4 nitrogen and oxygen atoms in total. The number of piperazine rings is 1. The summed E-state index contributed by atoms with van der Waals surface area (Å²) in [5.74, 6) is -0.314. The molecule has 1 heterocycles. The minimum atomic E-state index is -0.217. The lowest BCUT2D eigenvalue weighted by atomic mass is 10.1. The van der Waals surface area contributed by atoms with Gasteiger partial charge in [-0.3, -0.25) is 4.79 Å². The monoisotopic (exact) mass is 389 g/mol. The second kappa shape index (κ2) is 8.35. The predicted octanol–water partition coefficient (Wildman–Crippen LogP) is 4.71. The molecule has 0 aliphatic carbocycles. The van der Waals surface area contributed by atoms with E-state index in [1.165, 1.54) is 12.1 Å². The zero-order valence-electron chi connectivity index (χ0n) is 16.4. The molecule has 29 heavy (non-hydrogen) atoms. The second-order valence-corrected chi connectivity index (χ2v) is 7.24. The van der Waals surface area contributed by atoms with Crippen LogP contribution in [-0.2, 0) is 0 Å². The van der Waals surface area contributed by atoms with Gasteiger partial charge >= 0.3 is 0 Å². The number of halogens is 1. The van der Waals surface area contributed by atoms with Crippen LogP contribution in [0.1, 0.15) is 15.9 Å². The number of carbonyl (C=O) groups is 1. The maximum absolute atomic E-state index is 13.2. The number of hydrogen-bond acceptors (Lipinski definition) is 3. The fraction of sp³-hybridized carbons (Fsp3) is 0.208. The van der Waals surface area contributed by atoms with E-state index in [0.29, 0.717) is 5.56 Å². The number of carbonyl (C=O) groups excluding carboxylic acids is 1. The van der Waals surface area contributed by atoms with Crippen LogP contribution >= 0.6 is 0 Å². The molecule has 1 amide bonds. The standard InChI is InChI=1S/C24H24FN3O/c1-18-6-2-3-7-21(18)24(29)26-22-8-4-5-9-23(22)28-16-14-27(15-17-28)20-12-10-19(25)11-13-20/h2-13H,14-17H2,1H3,(H,26,29). The van der Waals surface area contributed by atoms with E-state index in [9.17, 15) is 9.18 Å². The highest BCUT2D eigenvalue weighted by Gasteiger charge is 2.20. The summed E-state index contributed by atoms with van der Waals surface area (Å²) in [5.41, 5.74) is 4.51. The summed E-state index contributed by atoms with van der Waals surface area (Å²) in [4.78, 5) is 17.3. The van der Waals surface area contributed by atoms with E-state index < -0.39 is 0 Å². The van der Waals surface area contributed by atoms with Crippen LogP contribution in [-0.4, -0.2) is 32.1 Å². The average Bonchev–Trinajstić information content (AvgIpc) is 2.75. The van der Waals surface area contributed by atoms with Gasteiger partial charge in [0, 0.05) is 37.4 Å². The summed E-state index contributed by atoms with van der Waals surface area (Å²) in [6.45, 7) is 5.27. The molecule has 0 bridgehead atoms. The first-order valence-electron chi connectivity index (χ1n) is 9.83. The quantitative estimate of drug-likeness (QED) is 0.702. The number of anilines is 3. The van der Waals surface area contributed by atoms with Gasteiger partial charge < -0.3 is 15.1 Å². The minimum Gasteiger partial charge on any atom is -0.368 e. The molecule has 1 N–H and O–H groups in total. The van der Waals surface area contributed by atoms with Crippen LogP contribution < -0.4 is 15.1 Å². The molecule has 1 aliphatic heterocycles. The van der Waals surface area contributed by atoms with Crippen LogP contribution in [0.25, 0.3) is 0 Å². The molecule has 0 radical (unpaired) electrons. The van der Waals surface area contributed by atoms with E-state index in [0.717, 1.165) is 48.8 Å². The highest BCUT2D eigenvalue weighted by atomic mass is 19.1. The van der Waals surface area contributed by atoms with Gasteiger partial charge in [-0.1, -0.05) is 30.3 Å². The molecule has 5 heteroatoms. The van der Waals surface area contributed by atoms with Crippen molar-refractivity contribution in [2.75, 3.05) is 41.3 Å². The third-order valence-electron chi connectivity index (χ3n) is 5.35. The Kier molecular flexibility index (Phi) is 5.47. The van der Waals surface area contributed by atoms with Crippen molar-refractivity contribution in [1.29, 1.82) is 0 Å². The Morgan fingerprint density at radius 1 is 0.828 bits per heavy atom. The third kappa shape index (κ3) is 4.24. The molecule has 3 aromatic rings. The molecule has 0 spiro atoms. The van der Waals surface area contributed by atoms with Crippen LogP contribution in [0, 0.1) is 12.7 Å². The van der Waals surface area contributed by atoms with Gasteiger partial charge in [-0.25, -0.2) is 4.39 Å². The highest BCUT2D eigenvalue weighted by Crippen LogP contribution is 2.28. The number of para-hydroxylation sites is 2. The molecule has 0 aromatic heterocycles. The minimum absolute atomic E-state index is 0.0968. The van der Waals surface area contributed by atoms with E-state index >= 15 is 0 Å². The summed E-state index contributed by atoms with van der Waals surface area (Å²) >= 11 is 0. The molecule has 3 aromatic carbocycles. The summed E-state index contributed by atoms with van der Waals surface area (Å²) < 4.78 is 13.2. The first-order chi connectivity index (χ1) is 14.1. The summed E-state index contributed by atoms with van der Waals surface area (Å²) in [6.07, 6.45) is 0. The SMILES string of the molecule is Cc1ccccc1C(=O)Nc1ccccc1N1CCN(c2ccc(F)cc2)CC1. The van der Waals surface area contributed by atoms with Gasteiger partial charge in [0.2, 0.25) is 0 Å². The van der Waals surface area contributed by atoms with Gasteiger partial charge in [-0.05, 0) is 55.0 Å². The molecular weight excluding hydrogens is 365 g/mol. The zero-order valence-corrected chi connectivity index (χ0v) is 16.4. The van der Waals surface area contributed by atoms with Gasteiger partial charge in [-0.2, -0.15) is 0 Å². The maximum Gasteiger partial charge on any atom is 0.255 e. The van der Waals surface area contributed by atoms with Crippen molar-refractivity contribution in [3.63, 3.8) is 0 Å². The molecule has 1 saturated heterocycles. The Hall–Kier alpha value is -3.34. The normalized spacial score (nSPS) is 14.0. The molecule has 4 rings (SSSR count). The zero-order chi connectivity index (χ0) is 20.2. The molecule has 1 fully saturated rings. The lowest BCUT2D eigenvalue weighted by Crippen LogP contribution is -2.46. The van der Waals surface area contributed by atoms with Crippen molar-refractivity contribution in [3.8, 4) is 0 Å². The summed E-state index contributed by atoms with van der Waals surface area (Å²) in [5, 5.41) is 3.08. The molecule has 148 valence electrons. The van der Waals surface area contributed by atoms with Crippen molar-refractivity contribution >= 4 is 23.0 Å². The lowest BCUT2D eigenvalue weighted by molar-refractivity contribution is 0.102. The summed E-state index contributed by atoms with van der Waals surface area (Å²) in [6, 6.07) is 22.1. The van der Waals surface area contributed by atoms with Crippen LogP contribution in [0.2, 0.25) is 0 Å². The van der Waals surface area contributed by atoms with Crippen LogP contribution in [0.15, 0.2) is 72.8 Å². The fourth-order valence-electron chi connectivity index (χ4n) is 3.73. The topological polar surface area (TPSA) is 35.6 Å². The Labute approximate surface area is 170 Å². The lowest BCUT2D eigenvalue weighted by Gasteiger charge is -2.38. The largest absolute Gasteiger partial charge is 0.368 e. The molecule has 0 unspecified atom stereocenters. The smallest absolute Gasteiger partial charge is 0.255 e. The Morgan fingerprint density at radius 2 is 1.45 bits per heavy atom. The first-order valence-corrected chi connectivity index (χ1v) is 9.83. The van der Waals surface area contributed by atoms with Crippen molar-refractivity contribution in [2.45, 2.75) is 6.92 Å². The number of nitrogens with zero attached hydrogens (tertiary/aromatic N) is 2. The maximum atomic E-state index is 13.2. The van der Waals surface area contributed by atoms with Gasteiger partial charge in [0.05, 0.1) is 11.4 Å². The van der Waals surface area contributed by atoms with Crippen molar-refractivity contribution in [2.24, 2.45) is 0 Å². The Balaban J connectivity index is 1.47. The number of hydrogen-bond donors (Lipinski definition) is 1.